The number of anilines is 1. The SMILES string of the molecule is COc1ccccc1NCCOc1ccc(Oc2ccccc2)cc1. The second kappa shape index (κ2) is 8.64. The van der Waals surface area contributed by atoms with Gasteiger partial charge in [0.05, 0.1) is 12.8 Å². The molecule has 0 aromatic heterocycles. The molecule has 0 heterocycles. The Hall–Kier alpha value is -3.14. The first-order valence-corrected chi connectivity index (χ1v) is 8.18. The largest absolute Gasteiger partial charge is 0.495 e. The van der Waals surface area contributed by atoms with Gasteiger partial charge in [0.15, 0.2) is 0 Å². The number of nitrogens with one attached hydrogen (secondary N) is 1. The van der Waals surface area contributed by atoms with Crippen LogP contribution in [0.25, 0.3) is 0 Å². The molecule has 0 bridgehead atoms. The summed E-state index contributed by atoms with van der Waals surface area (Å²) < 4.78 is 16.8. The van der Waals surface area contributed by atoms with Crippen molar-refractivity contribution in [2.75, 3.05) is 25.6 Å². The van der Waals surface area contributed by atoms with Crippen LogP contribution in [0.15, 0.2) is 78.9 Å². The van der Waals surface area contributed by atoms with Gasteiger partial charge in [-0.05, 0) is 48.5 Å². The molecule has 0 aliphatic heterocycles. The van der Waals surface area contributed by atoms with Crippen LogP contribution in [-0.4, -0.2) is 20.3 Å². The highest BCUT2D eigenvalue weighted by Crippen LogP contribution is 2.24. The minimum atomic E-state index is 0.553. The molecule has 4 heteroatoms. The number of rotatable bonds is 8. The lowest BCUT2D eigenvalue weighted by atomic mass is 10.3. The molecule has 25 heavy (non-hydrogen) atoms. The molecule has 0 spiro atoms. The Balaban J connectivity index is 1.46. The maximum atomic E-state index is 5.76. The van der Waals surface area contributed by atoms with E-state index in [1.54, 1.807) is 7.11 Å². The van der Waals surface area contributed by atoms with Crippen molar-refractivity contribution in [3.05, 3.63) is 78.9 Å². The number of methoxy groups -OCH3 is 1. The van der Waals surface area contributed by atoms with Gasteiger partial charge >= 0.3 is 0 Å². The van der Waals surface area contributed by atoms with Gasteiger partial charge in [0.1, 0.15) is 29.6 Å². The Morgan fingerprint density at radius 3 is 2.12 bits per heavy atom. The zero-order valence-electron chi connectivity index (χ0n) is 14.1. The van der Waals surface area contributed by atoms with Crippen molar-refractivity contribution in [1.29, 1.82) is 0 Å². The van der Waals surface area contributed by atoms with E-state index in [0.29, 0.717) is 13.2 Å². The minimum absolute atomic E-state index is 0.553. The fraction of sp³-hybridized carbons (Fsp3) is 0.143. The van der Waals surface area contributed by atoms with E-state index >= 15 is 0 Å². The van der Waals surface area contributed by atoms with E-state index in [0.717, 1.165) is 28.7 Å². The van der Waals surface area contributed by atoms with Crippen LogP contribution in [0.2, 0.25) is 0 Å². The smallest absolute Gasteiger partial charge is 0.141 e. The van der Waals surface area contributed by atoms with Crippen molar-refractivity contribution >= 4 is 5.69 Å². The third kappa shape index (κ3) is 4.91. The number of hydrogen-bond acceptors (Lipinski definition) is 4. The van der Waals surface area contributed by atoms with Crippen LogP contribution in [0.3, 0.4) is 0 Å². The number of ether oxygens (including phenoxy) is 3. The van der Waals surface area contributed by atoms with Crippen LogP contribution in [0.1, 0.15) is 0 Å². The molecule has 4 nitrogen and oxygen atoms in total. The minimum Gasteiger partial charge on any atom is -0.495 e. The molecule has 0 radical (unpaired) electrons. The second-order valence-corrected chi connectivity index (χ2v) is 5.36. The van der Waals surface area contributed by atoms with E-state index in [-0.39, 0.29) is 0 Å². The third-order valence-electron chi connectivity index (χ3n) is 3.60. The number of benzene rings is 3. The van der Waals surface area contributed by atoms with Gasteiger partial charge in [0.2, 0.25) is 0 Å². The zero-order chi connectivity index (χ0) is 17.3. The Morgan fingerprint density at radius 1 is 0.720 bits per heavy atom. The highest BCUT2D eigenvalue weighted by molar-refractivity contribution is 5.56. The quantitative estimate of drug-likeness (QED) is 0.589. The molecule has 0 saturated carbocycles. The first-order chi connectivity index (χ1) is 12.3. The van der Waals surface area contributed by atoms with Gasteiger partial charge in [-0.1, -0.05) is 30.3 Å². The monoisotopic (exact) mass is 335 g/mol. The van der Waals surface area contributed by atoms with Gasteiger partial charge in [0, 0.05) is 6.54 Å². The van der Waals surface area contributed by atoms with Crippen molar-refractivity contribution in [3.8, 4) is 23.0 Å². The number of para-hydroxylation sites is 3. The van der Waals surface area contributed by atoms with Gasteiger partial charge in [-0.15, -0.1) is 0 Å². The third-order valence-corrected chi connectivity index (χ3v) is 3.60. The van der Waals surface area contributed by atoms with E-state index in [9.17, 15) is 0 Å². The highest BCUT2D eigenvalue weighted by atomic mass is 16.5. The van der Waals surface area contributed by atoms with Crippen LogP contribution in [0.4, 0.5) is 5.69 Å². The van der Waals surface area contributed by atoms with Gasteiger partial charge < -0.3 is 19.5 Å². The van der Waals surface area contributed by atoms with E-state index in [1.807, 2.05) is 78.9 Å². The van der Waals surface area contributed by atoms with Gasteiger partial charge in [-0.3, -0.25) is 0 Å². The summed E-state index contributed by atoms with van der Waals surface area (Å²) in [5.41, 5.74) is 0.959. The topological polar surface area (TPSA) is 39.7 Å². The molecule has 0 aliphatic carbocycles. The Kier molecular flexibility index (Phi) is 5.77. The van der Waals surface area contributed by atoms with E-state index in [2.05, 4.69) is 5.32 Å². The van der Waals surface area contributed by atoms with Gasteiger partial charge in [-0.2, -0.15) is 0 Å². The summed E-state index contributed by atoms with van der Waals surface area (Å²) in [4.78, 5) is 0. The lowest BCUT2D eigenvalue weighted by molar-refractivity contribution is 0.332. The average Bonchev–Trinajstić information content (AvgIpc) is 2.67. The summed E-state index contributed by atoms with van der Waals surface area (Å²) in [5.74, 6) is 3.23. The van der Waals surface area contributed by atoms with Crippen LogP contribution in [-0.2, 0) is 0 Å². The Labute approximate surface area is 148 Å². The molecule has 0 amide bonds. The summed E-state index contributed by atoms with van der Waals surface area (Å²) >= 11 is 0. The van der Waals surface area contributed by atoms with Crippen LogP contribution in [0, 0.1) is 0 Å². The maximum absolute atomic E-state index is 5.76. The van der Waals surface area contributed by atoms with Crippen LogP contribution in [0.5, 0.6) is 23.0 Å². The summed E-state index contributed by atoms with van der Waals surface area (Å²) in [6.45, 7) is 1.24. The molecule has 0 atom stereocenters. The van der Waals surface area contributed by atoms with Crippen molar-refractivity contribution in [2.24, 2.45) is 0 Å². The average molecular weight is 335 g/mol. The van der Waals surface area contributed by atoms with Crippen LogP contribution < -0.4 is 19.5 Å². The Morgan fingerprint density at radius 2 is 1.36 bits per heavy atom. The van der Waals surface area contributed by atoms with Gasteiger partial charge in [0.25, 0.3) is 0 Å². The fourth-order valence-corrected chi connectivity index (χ4v) is 2.37. The predicted octanol–water partition coefficient (Wildman–Crippen LogP) is 4.98. The summed E-state index contributed by atoms with van der Waals surface area (Å²) in [5, 5.41) is 3.30. The van der Waals surface area contributed by atoms with E-state index in [1.165, 1.54) is 0 Å². The second-order valence-electron chi connectivity index (χ2n) is 5.36. The molecule has 3 aromatic carbocycles. The first kappa shape index (κ1) is 16.7. The number of hydrogen-bond donors (Lipinski definition) is 1. The molecule has 3 rings (SSSR count). The summed E-state index contributed by atoms with van der Waals surface area (Å²) in [6.07, 6.45) is 0. The molecular formula is C21H21NO3. The molecule has 0 unspecified atom stereocenters. The highest BCUT2D eigenvalue weighted by Gasteiger charge is 2.01. The normalized spacial score (nSPS) is 10.1. The zero-order valence-corrected chi connectivity index (χ0v) is 14.1. The van der Waals surface area contributed by atoms with Gasteiger partial charge in [-0.25, -0.2) is 0 Å². The molecule has 0 fully saturated rings. The first-order valence-electron chi connectivity index (χ1n) is 8.18. The Bertz CT molecular complexity index is 773. The lowest BCUT2D eigenvalue weighted by Crippen LogP contribution is -2.12. The molecule has 0 aliphatic rings. The van der Waals surface area contributed by atoms with Crippen molar-refractivity contribution < 1.29 is 14.2 Å². The fourth-order valence-electron chi connectivity index (χ4n) is 2.37. The van der Waals surface area contributed by atoms with Crippen molar-refractivity contribution in [3.63, 3.8) is 0 Å². The molecule has 128 valence electrons. The molecular weight excluding hydrogens is 314 g/mol. The molecule has 1 N–H and O–H groups in total. The van der Waals surface area contributed by atoms with E-state index in [4.69, 9.17) is 14.2 Å². The summed E-state index contributed by atoms with van der Waals surface area (Å²) in [7, 11) is 1.66. The van der Waals surface area contributed by atoms with Crippen molar-refractivity contribution in [1.82, 2.24) is 0 Å². The van der Waals surface area contributed by atoms with Crippen molar-refractivity contribution in [2.45, 2.75) is 0 Å². The molecule has 3 aromatic rings. The summed E-state index contributed by atoms with van der Waals surface area (Å²) in [6, 6.07) is 25.1. The lowest BCUT2D eigenvalue weighted by Gasteiger charge is -2.12. The maximum Gasteiger partial charge on any atom is 0.141 e. The van der Waals surface area contributed by atoms with Crippen LogP contribution >= 0.6 is 0 Å². The van der Waals surface area contributed by atoms with E-state index < -0.39 is 0 Å². The standard InChI is InChI=1S/C21H21NO3/c1-23-21-10-6-5-9-20(21)22-15-16-24-17-11-13-19(14-12-17)25-18-7-3-2-4-8-18/h2-14,22H,15-16H2,1H3. The molecule has 0 saturated heterocycles. The predicted molar refractivity (Wildman–Crippen MR) is 99.9 cm³/mol.